The van der Waals surface area contributed by atoms with E-state index < -0.39 is 0 Å². The highest BCUT2D eigenvalue weighted by atomic mass is 16.5. The molecule has 0 radical (unpaired) electrons. The van der Waals surface area contributed by atoms with Gasteiger partial charge < -0.3 is 9.64 Å². The first-order valence-corrected chi connectivity index (χ1v) is 8.01. The number of hydrogen-bond acceptors (Lipinski definition) is 4. The predicted octanol–water partition coefficient (Wildman–Crippen LogP) is 3.24. The average molecular weight is 309 g/mol. The van der Waals surface area contributed by atoms with Crippen LogP contribution in [0.25, 0.3) is 0 Å². The minimum Gasteiger partial charge on any atom is -0.495 e. The van der Waals surface area contributed by atoms with E-state index >= 15 is 0 Å². The zero-order valence-electron chi connectivity index (χ0n) is 13.8. The number of para-hydroxylation sites is 2. The second kappa shape index (κ2) is 7.18. The van der Waals surface area contributed by atoms with Gasteiger partial charge in [-0.25, -0.2) is 0 Å². The molecule has 4 heteroatoms. The molecular weight excluding hydrogens is 286 g/mol. The third kappa shape index (κ3) is 3.65. The number of hydrazone groups is 1. The summed E-state index contributed by atoms with van der Waals surface area (Å²) in [6.45, 7) is 5.81. The highest BCUT2D eigenvalue weighted by molar-refractivity contribution is 5.98. The van der Waals surface area contributed by atoms with Gasteiger partial charge in [-0.05, 0) is 24.6 Å². The molecule has 0 saturated carbocycles. The van der Waals surface area contributed by atoms with E-state index in [4.69, 9.17) is 9.84 Å². The lowest BCUT2D eigenvalue weighted by molar-refractivity contribution is 0.269. The zero-order valence-corrected chi connectivity index (χ0v) is 13.8. The molecule has 2 aromatic carbocycles. The zero-order chi connectivity index (χ0) is 16.1. The minimum atomic E-state index is 0.919. The molecule has 0 aromatic heterocycles. The highest BCUT2D eigenvalue weighted by Crippen LogP contribution is 2.28. The molecule has 1 heterocycles. The lowest BCUT2D eigenvalue weighted by Crippen LogP contribution is -2.44. The molecule has 0 unspecified atom stereocenters. The Labute approximate surface area is 138 Å². The van der Waals surface area contributed by atoms with Gasteiger partial charge >= 0.3 is 0 Å². The third-order valence-electron chi connectivity index (χ3n) is 4.16. The van der Waals surface area contributed by atoms with Crippen molar-refractivity contribution in [3.8, 4) is 5.75 Å². The molecule has 0 spiro atoms. The van der Waals surface area contributed by atoms with E-state index in [9.17, 15) is 0 Å². The van der Waals surface area contributed by atoms with Gasteiger partial charge in [0.1, 0.15) is 5.75 Å². The molecule has 1 saturated heterocycles. The second-order valence-electron chi connectivity index (χ2n) is 5.66. The molecule has 120 valence electrons. The van der Waals surface area contributed by atoms with Gasteiger partial charge in [0, 0.05) is 13.1 Å². The molecule has 1 fully saturated rings. The van der Waals surface area contributed by atoms with Crippen molar-refractivity contribution in [3.05, 3.63) is 60.2 Å². The molecule has 0 atom stereocenters. The SMILES string of the molecule is COc1ccccc1N1CCN(/N=C(\C)c2ccccc2)CC1. The Kier molecular flexibility index (Phi) is 4.81. The summed E-state index contributed by atoms with van der Waals surface area (Å²) >= 11 is 0. The first kappa shape index (κ1) is 15.4. The van der Waals surface area contributed by atoms with E-state index in [1.165, 1.54) is 11.3 Å². The molecule has 0 N–H and O–H groups in total. The van der Waals surface area contributed by atoms with Crippen molar-refractivity contribution in [2.45, 2.75) is 6.92 Å². The molecule has 3 rings (SSSR count). The number of nitrogens with zero attached hydrogens (tertiary/aromatic N) is 3. The number of hydrogen-bond donors (Lipinski definition) is 0. The van der Waals surface area contributed by atoms with Crippen molar-refractivity contribution in [1.82, 2.24) is 5.01 Å². The van der Waals surface area contributed by atoms with E-state index in [-0.39, 0.29) is 0 Å². The van der Waals surface area contributed by atoms with Gasteiger partial charge in [0.15, 0.2) is 0 Å². The van der Waals surface area contributed by atoms with Crippen LogP contribution in [0.1, 0.15) is 12.5 Å². The van der Waals surface area contributed by atoms with E-state index in [2.05, 4.69) is 41.1 Å². The first-order valence-electron chi connectivity index (χ1n) is 8.01. The van der Waals surface area contributed by atoms with Gasteiger partial charge in [0.2, 0.25) is 0 Å². The summed E-state index contributed by atoms with van der Waals surface area (Å²) in [5, 5.41) is 6.93. The van der Waals surface area contributed by atoms with E-state index in [1.807, 2.05) is 30.3 Å². The predicted molar refractivity (Wildman–Crippen MR) is 95.4 cm³/mol. The van der Waals surface area contributed by atoms with Gasteiger partial charge in [0.05, 0.1) is 31.6 Å². The van der Waals surface area contributed by atoms with Crippen LogP contribution in [0.3, 0.4) is 0 Å². The normalized spacial score (nSPS) is 15.7. The average Bonchev–Trinajstić information content (AvgIpc) is 2.63. The first-order chi connectivity index (χ1) is 11.3. The molecular formula is C19H23N3O. The van der Waals surface area contributed by atoms with Crippen LogP contribution >= 0.6 is 0 Å². The summed E-state index contributed by atoms with van der Waals surface area (Å²) in [7, 11) is 1.72. The van der Waals surface area contributed by atoms with Crippen molar-refractivity contribution in [1.29, 1.82) is 0 Å². The fourth-order valence-corrected chi connectivity index (χ4v) is 2.88. The Hall–Kier alpha value is -2.49. The lowest BCUT2D eigenvalue weighted by Gasteiger charge is -2.35. The number of anilines is 1. The summed E-state index contributed by atoms with van der Waals surface area (Å²) < 4.78 is 5.46. The summed E-state index contributed by atoms with van der Waals surface area (Å²) in [5.74, 6) is 0.935. The standard InChI is InChI=1S/C19H23N3O/c1-16(17-8-4-3-5-9-17)20-22-14-12-21(13-15-22)18-10-6-7-11-19(18)23-2/h3-11H,12-15H2,1-2H3/b20-16+. The molecule has 4 nitrogen and oxygen atoms in total. The van der Waals surface area contributed by atoms with Crippen LogP contribution in [0.5, 0.6) is 5.75 Å². The lowest BCUT2D eigenvalue weighted by atomic mass is 10.1. The number of rotatable bonds is 4. The highest BCUT2D eigenvalue weighted by Gasteiger charge is 2.18. The summed E-state index contributed by atoms with van der Waals surface area (Å²) in [6.07, 6.45) is 0. The maximum absolute atomic E-state index is 5.46. The number of ether oxygens (including phenoxy) is 1. The molecule has 2 aromatic rings. The Morgan fingerprint density at radius 1 is 0.913 bits per heavy atom. The van der Waals surface area contributed by atoms with Crippen LogP contribution in [0.15, 0.2) is 59.7 Å². The fraction of sp³-hybridized carbons (Fsp3) is 0.316. The Balaban J connectivity index is 1.65. The quantitative estimate of drug-likeness (QED) is 0.812. The number of methoxy groups -OCH3 is 1. The van der Waals surface area contributed by atoms with Gasteiger partial charge in [-0.2, -0.15) is 5.10 Å². The summed E-state index contributed by atoms with van der Waals surface area (Å²) in [5.41, 5.74) is 3.41. The molecule has 1 aliphatic heterocycles. The van der Waals surface area contributed by atoms with Crippen molar-refractivity contribution < 1.29 is 4.74 Å². The topological polar surface area (TPSA) is 28.1 Å². The molecule has 0 amide bonds. The van der Waals surface area contributed by atoms with Gasteiger partial charge in [0.25, 0.3) is 0 Å². The largest absolute Gasteiger partial charge is 0.495 e. The molecule has 0 bridgehead atoms. The van der Waals surface area contributed by atoms with Crippen molar-refractivity contribution in [3.63, 3.8) is 0 Å². The monoisotopic (exact) mass is 309 g/mol. The van der Waals surface area contributed by atoms with Crippen molar-refractivity contribution >= 4 is 11.4 Å². The van der Waals surface area contributed by atoms with Crippen LogP contribution in [0.4, 0.5) is 5.69 Å². The number of piperazine rings is 1. The van der Waals surface area contributed by atoms with E-state index in [0.717, 1.165) is 37.6 Å². The summed E-state index contributed by atoms with van der Waals surface area (Å²) in [6, 6.07) is 18.5. The summed E-state index contributed by atoms with van der Waals surface area (Å²) in [4.78, 5) is 2.36. The van der Waals surface area contributed by atoms with Gasteiger partial charge in [-0.1, -0.05) is 42.5 Å². The van der Waals surface area contributed by atoms with Crippen LogP contribution in [-0.4, -0.2) is 44.0 Å². The number of benzene rings is 2. The fourth-order valence-electron chi connectivity index (χ4n) is 2.88. The minimum absolute atomic E-state index is 0.919. The van der Waals surface area contributed by atoms with E-state index in [1.54, 1.807) is 7.11 Å². The van der Waals surface area contributed by atoms with Crippen LogP contribution < -0.4 is 9.64 Å². The Bertz CT molecular complexity index is 661. The van der Waals surface area contributed by atoms with Crippen LogP contribution in [0.2, 0.25) is 0 Å². The Morgan fingerprint density at radius 2 is 1.57 bits per heavy atom. The Morgan fingerprint density at radius 3 is 2.26 bits per heavy atom. The van der Waals surface area contributed by atoms with Gasteiger partial charge in [-0.15, -0.1) is 0 Å². The van der Waals surface area contributed by atoms with E-state index in [0.29, 0.717) is 0 Å². The van der Waals surface area contributed by atoms with Crippen molar-refractivity contribution in [2.75, 3.05) is 38.2 Å². The maximum Gasteiger partial charge on any atom is 0.142 e. The molecule has 1 aliphatic rings. The second-order valence-corrected chi connectivity index (χ2v) is 5.66. The smallest absolute Gasteiger partial charge is 0.142 e. The maximum atomic E-state index is 5.46. The molecule has 0 aliphatic carbocycles. The van der Waals surface area contributed by atoms with Crippen molar-refractivity contribution in [2.24, 2.45) is 5.10 Å². The van der Waals surface area contributed by atoms with Crippen LogP contribution in [0, 0.1) is 0 Å². The van der Waals surface area contributed by atoms with Crippen LogP contribution in [-0.2, 0) is 0 Å². The molecule has 23 heavy (non-hydrogen) atoms. The van der Waals surface area contributed by atoms with Gasteiger partial charge in [-0.3, -0.25) is 5.01 Å². The third-order valence-corrected chi connectivity index (χ3v) is 4.16.